The second kappa shape index (κ2) is 7.99. The van der Waals surface area contributed by atoms with E-state index in [4.69, 9.17) is 0 Å². The molecule has 0 bridgehead atoms. The number of para-hydroxylation sites is 1. The number of benzene rings is 2. The van der Waals surface area contributed by atoms with Crippen molar-refractivity contribution in [2.75, 3.05) is 18.4 Å². The molecule has 1 aromatic heterocycles. The molecule has 4 rings (SSSR count). The first-order chi connectivity index (χ1) is 13.7. The van der Waals surface area contributed by atoms with Crippen molar-refractivity contribution in [3.8, 4) is 5.69 Å². The number of nitrogens with one attached hydrogen (secondary N) is 1. The molecule has 1 saturated heterocycles. The number of anilines is 1. The fourth-order valence-corrected chi connectivity index (χ4v) is 3.39. The van der Waals surface area contributed by atoms with E-state index in [2.05, 4.69) is 20.8 Å². The van der Waals surface area contributed by atoms with Crippen LogP contribution in [0.5, 0.6) is 0 Å². The second-order valence-corrected chi connectivity index (χ2v) is 6.75. The van der Waals surface area contributed by atoms with E-state index in [1.807, 2.05) is 36.4 Å². The number of carbonyl (C=O) groups is 2. The van der Waals surface area contributed by atoms with Crippen molar-refractivity contribution in [2.45, 2.75) is 12.8 Å². The van der Waals surface area contributed by atoms with Gasteiger partial charge in [-0.15, -0.1) is 5.10 Å². The number of piperidine rings is 1. The Kier molecular flexibility index (Phi) is 5.09. The minimum atomic E-state index is -0.222. The topological polar surface area (TPSA) is 93.0 Å². The number of nitrogens with zero attached hydrogens (tertiary/aromatic N) is 5. The molecule has 0 radical (unpaired) electrons. The third-order valence-corrected chi connectivity index (χ3v) is 4.83. The van der Waals surface area contributed by atoms with Crippen molar-refractivity contribution >= 4 is 17.5 Å². The molecule has 1 atom stereocenters. The van der Waals surface area contributed by atoms with Crippen LogP contribution in [-0.4, -0.2) is 50.0 Å². The van der Waals surface area contributed by atoms with Gasteiger partial charge in [0.25, 0.3) is 5.91 Å². The Balaban J connectivity index is 1.45. The summed E-state index contributed by atoms with van der Waals surface area (Å²) in [6, 6.07) is 16.5. The van der Waals surface area contributed by atoms with Crippen LogP contribution < -0.4 is 5.32 Å². The average Bonchev–Trinajstić information content (AvgIpc) is 3.29. The van der Waals surface area contributed by atoms with Crippen molar-refractivity contribution in [1.82, 2.24) is 25.1 Å². The molecular formula is C20H20N6O2. The smallest absolute Gasteiger partial charge is 0.253 e. The van der Waals surface area contributed by atoms with Crippen LogP contribution in [0.4, 0.5) is 5.69 Å². The standard InChI is InChI=1S/C20H20N6O2/c27-19(22-17-8-2-1-3-9-17)16-7-5-11-25(13-16)20(28)15-6-4-10-18(12-15)26-14-21-23-24-26/h1-4,6,8-10,12,14,16H,5,7,11,13H2,(H,22,27). The summed E-state index contributed by atoms with van der Waals surface area (Å²) in [6.45, 7) is 1.05. The van der Waals surface area contributed by atoms with Crippen LogP contribution >= 0.6 is 0 Å². The van der Waals surface area contributed by atoms with E-state index in [9.17, 15) is 9.59 Å². The van der Waals surface area contributed by atoms with Crippen LogP contribution in [0.1, 0.15) is 23.2 Å². The van der Waals surface area contributed by atoms with Gasteiger partial charge >= 0.3 is 0 Å². The lowest BCUT2D eigenvalue weighted by Crippen LogP contribution is -2.43. The van der Waals surface area contributed by atoms with Crippen molar-refractivity contribution in [3.63, 3.8) is 0 Å². The molecule has 28 heavy (non-hydrogen) atoms. The zero-order valence-electron chi connectivity index (χ0n) is 15.2. The molecule has 2 heterocycles. The molecule has 8 heteroatoms. The van der Waals surface area contributed by atoms with Crippen molar-refractivity contribution in [2.24, 2.45) is 5.92 Å². The number of carbonyl (C=O) groups excluding carboxylic acids is 2. The molecule has 3 aromatic rings. The monoisotopic (exact) mass is 376 g/mol. The van der Waals surface area contributed by atoms with Gasteiger partial charge in [0, 0.05) is 24.3 Å². The van der Waals surface area contributed by atoms with Gasteiger partial charge < -0.3 is 10.2 Å². The van der Waals surface area contributed by atoms with Crippen LogP contribution in [0, 0.1) is 5.92 Å². The predicted octanol–water partition coefficient (Wildman–Crippen LogP) is 2.15. The van der Waals surface area contributed by atoms with E-state index in [0.29, 0.717) is 24.3 Å². The third kappa shape index (κ3) is 3.90. The van der Waals surface area contributed by atoms with Gasteiger partial charge in [-0.3, -0.25) is 9.59 Å². The van der Waals surface area contributed by atoms with Crippen LogP contribution in [0.15, 0.2) is 60.9 Å². The molecule has 8 nitrogen and oxygen atoms in total. The minimum Gasteiger partial charge on any atom is -0.338 e. The first-order valence-corrected chi connectivity index (χ1v) is 9.19. The van der Waals surface area contributed by atoms with Crippen molar-refractivity contribution in [1.29, 1.82) is 0 Å². The highest BCUT2D eigenvalue weighted by molar-refractivity contribution is 5.96. The first-order valence-electron chi connectivity index (χ1n) is 9.19. The number of rotatable bonds is 4. The zero-order valence-corrected chi connectivity index (χ0v) is 15.2. The Hall–Kier alpha value is -3.55. The largest absolute Gasteiger partial charge is 0.338 e. The molecule has 1 aliphatic rings. The lowest BCUT2D eigenvalue weighted by Gasteiger charge is -2.32. The van der Waals surface area contributed by atoms with Gasteiger partial charge in [-0.1, -0.05) is 24.3 Å². The molecule has 1 N–H and O–H groups in total. The van der Waals surface area contributed by atoms with Crippen molar-refractivity contribution < 1.29 is 9.59 Å². The van der Waals surface area contributed by atoms with Gasteiger partial charge in [-0.05, 0) is 53.6 Å². The molecule has 142 valence electrons. The summed E-state index contributed by atoms with van der Waals surface area (Å²) in [7, 11) is 0. The SMILES string of the molecule is O=C(Nc1ccccc1)C1CCCN(C(=O)c2cccc(-n3cnnn3)c2)C1. The number of hydrogen-bond acceptors (Lipinski definition) is 5. The lowest BCUT2D eigenvalue weighted by molar-refractivity contribution is -0.121. The summed E-state index contributed by atoms with van der Waals surface area (Å²) >= 11 is 0. The van der Waals surface area contributed by atoms with Crippen LogP contribution in [0.3, 0.4) is 0 Å². The lowest BCUT2D eigenvalue weighted by atomic mass is 9.96. The maximum atomic E-state index is 13.0. The quantitative estimate of drug-likeness (QED) is 0.753. The van der Waals surface area contributed by atoms with Gasteiger partial charge in [0.05, 0.1) is 11.6 Å². The zero-order chi connectivity index (χ0) is 19.3. The summed E-state index contributed by atoms with van der Waals surface area (Å²) in [5.41, 5.74) is 2.04. The highest BCUT2D eigenvalue weighted by Gasteiger charge is 2.29. The number of likely N-dealkylation sites (tertiary alicyclic amines) is 1. The van der Waals surface area contributed by atoms with E-state index >= 15 is 0 Å². The van der Waals surface area contributed by atoms with Gasteiger partial charge in [-0.25, -0.2) is 4.68 Å². The molecule has 2 amide bonds. The van der Waals surface area contributed by atoms with Crippen molar-refractivity contribution in [3.05, 3.63) is 66.5 Å². The van der Waals surface area contributed by atoms with Gasteiger partial charge in [0.2, 0.25) is 5.91 Å². The van der Waals surface area contributed by atoms with Gasteiger partial charge in [0.1, 0.15) is 6.33 Å². The third-order valence-electron chi connectivity index (χ3n) is 4.83. The predicted molar refractivity (Wildman–Crippen MR) is 103 cm³/mol. The molecule has 1 unspecified atom stereocenters. The number of amides is 2. The summed E-state index contributed by atoms with van der Waals surface area (Å²) in [4.78, 5) is 27.3. The summed E-state index contributed by atoms with van der Waals surface area (Å²) in [5.74, 6) is -0.362. The summed E-state index contributed by atoms with van der Waals surface area (Å²) in [5, 5.41) is 14.0. The molecule has 2 aromatic carbocycles. The van der Waals surface area contributed by atoms with E-state index in [1.54, 1.807) is 23.1 Å². The van der Waals surface area contributed by atoms with E-state index < -0.39 is 0 Å². The van der Waals surface area contributed by atoms with Crippen LogP contribution in [-0.2, 0) is 4.79 Å². The molecule has 0 aliphatic carbocycles. The number of aromatic nitrogens is 4. The number of tetrazole rings is 1. The molecule has 1 aliphatic heterocycles. The molecule has 0 saturated carbocycles. The van der Waals surface area contributed by atoms with Gasteiger partial charge in [-0.2, -0.15) is 0 Å². The Morgan fingerprint density at radius 2 is 1.93 bits per heavy atom. The van der Waals surface area contributed by atoms with E-state index in [1.165, 1.54) is 11.0 Å². The van der Waals surface area contributed by atoms with Crippen LogP contribution in [0.2, 0.25) is 0 Å². The summed E-state index contributed by atoms with van der Waals surface area (Å²) in [6.07, 6.45) is 3.05. The molecular weight excluding hydrogens is 356 g/mol. The normalized spacial score (nSPS) is 16.6. The average molecular weight is 376 g/mol. The highest BCUT2D eigenvalue weighted by atomic mass is 16.2. The Morgan fingerprint density at radius 3 is 2.71 bits per heavy atom. The minimum absolute atomic E-state index is 0.0499. The Morgan fingerprint density at radius 1 is 1.07 bits per heavy atom. The fraction of sp³-hybridized carbons (Fsp3) is 0.250. The second-order valence-electron chi connectivity index (χ2n) is 6.75. The highest BCUT2D eigenvalue weighted by Crippen LogP contribution is 2.21. The fourth-order valence-electron chi connectivity index (χ4n) is 3.39. The van der Waals surface area contributed by atoms with E-state index in [0.717, 1.165) is 18.5 Å². The first kappa shape index (κ1) is 17.8. The maximum absolute atomic E-state index is 13.0. The van der Waals surface area contributed by atoms with Crippen LogP contribution in [0.25, 0.3) is 5.69 Å². The maximum Gasteiger partial charge on any atom is 0.253 e. The van der Waals surface area contributed by atoms with Gasteiger partial charge in [0.15, 0.2) is 0 Å². The Labute approximate surface area is 162 Å². The number of hydrogen-bond donors (Lipinski definition) is 1. The Bertz CT molecular complexity index is 958. The van der Waals surface area contributed by atoms with E-state index in [-0.39, 0.29) is 17.7 Å². The summed E-state index contributed by atoms with van der Waals surface area (Å²) < 4.78 is 1.50. The molecule has 1 fully saturated rings. The molecule has 0 spiro atoms.